The van der Waals surface area contributed by atoms with Crippen molar-refractivity contribution in [2.24, 2.45) is 50.1 Å². The van der Waals surface area contributed by atoms with Gasteiger partial charge in [0, 0.05) is 38.9 Å². The monoisotopic (exact) mass is 1250 g/mol. The molecule has 1 fully saturated rings. The fourth-order valence-corrected chi connectivity index (χ4v) is 9.31. The number of phenolic OH excluding ortho intramolecular Hbond substituents is 1. The Morgan fingerprint density at radius 1 is 0.622 bits per heavy atom. The van der Waals surface area contributed by atoms with Crippen molar-refractivity contribution >= 4 is 93.6 Å². The van der Waals surface area contributed by atoms with E-state index >= 15 is 0 Å². The summed E-state index contributed by atoms with van der Waals surface area (Å²) in [5, 5.41) is 25.6. The number of halogens is 1. The van der Waals surface area contributed by atoms with Gasteiger partial charge in [0.05, 0.1) is 23.5 Å². The first-order chi connectivity index (χ1) is 38.9. The summed E-state index contributed by atoms with van der Waals surface area (Å²) in [5.74, 6) is -8.64. The van der Waals surface area contributed by atoms with Crippen molar-refractivity contribution in [1.29, 1.82) is 0 Å². The van der Waals surface area contributed by atoms with Crippen LogP contribution in [0.1, 0.15) is 74.5 Å². The van der Waals surface area contributed by atoms with Crippen LogP contribution in [0.5, 0.6) is 11.5 Å². The van der Waals surface area contributed by atoms with Crippen molar-refractivity contribution in [3.8, 4) is 11.5 Å². The van der Waals surface area contributed by atoms with E-state index in [0.29, 0.717) is 32.4 Å². The van der Waals surface area contributed by atoms with Crippen LogP contribution in [0, 0.1) is 3.57 Å². The quantitative estimate of drug-likeness (QED) is 0.0123. The van der Waals surface area contributed by atoms with Crippen molar-refractivity contribution in [1.82, 2.24) is 36.8 Å². The molecule has 0 bridgehead atoms. The van der Waals surface area contributed by atoms with Crippen LogP contribution in [0.2, 0.25) is 0 Å². The Morgan fingerprint density at radius 3 is 1.71 bits per heavy atom. The van der Waals surface area contributed by atoms with Gasteiger partial charge in [-0.25, -0.2) is 0 Å². The third kappa shape index (κ3) is 22.4. The lowest BCUT2D eigenvalue weighted by Crippen LogP contribution is -2.60. The smallest absolute Gasteiger partial charge is 0.245 e. The van der Waals surface area contributed by atoms with E-state index in [9.17, 15) is 53.1 Å². The molecule has 3 aromatic rings. The Bertz CT molecular complexity index is 2800. The molecule has 1 saturated heterocycles. The van der Waals surface area contributed by atoms with E-state index in [-0.39, 0.29) is 88.7 Å². The number of carbonyl (C=O) groups excluding carboxylic acids is 10. The van der Waals surface area contributed by atoms with E-state index in [4.69, 9.17) is 44.9 Å². The van der Waals surface area contributed by atoms with Gasteiger partial charge in [-0.15, -0.1) is 0 Å². The molecule has 3 aromatic carbocycles. The molecular formula is C53H73IN16O12. The number of guanidine groups is 2. The van der Waals surface area contributed by atoms with Crippen LogP contribution >= 0.6 is 22.6 Å². The van der Waals surface area contributed by atoms with E-state index in [1.54, 1.807) is 66.7 Å². The second-order valence-corrected chi connectivity index (χ2v) is 20.5. The zero-order chi connectivity index (χ0) is 60.5. The van der Waals surface area contributed by atoms with Gasteiger partial charge in [-0.3, -0.25) is 57.9 Å². The van der Waals surface area contributed by atoms with Gasteiger partial charge >= 0.3 is 0 Å². The lowest BCUT2D eigenvalue weighted by atomic mass is 10.0. The van der Waals surface area contributed by atoms with Gasteiger partial charge in [0.2, 0.25) is 59.1 Å². The largest absolute Gasteiger partial charge is 0.507 e. The molecule has 1 aliphatic rings. The summed E-state index contributed by atoms with van der Waals surface area (Å²) < 4.78 is 5.77. The number of methoxy groups -OCH3 is 1. The van der Waals surface area contributed by atoms with Gasteiger partial charge < -0.3 is 86.8 Å². The van der Waals surface area contributed by atoms with Crippen LogP contribution in [-0.4, -0.2) is 150 Å². The molecule has 10 amide bonds. The molecule has 21 N–H and O–H groups in total. The second kappa shape index (κ2) is 33.1. The Labute approximate surface area is 486 Å². The topological polar surface area (TPSA) is 482 Å². The Morgan fingerprint density at radius 2 is 1.15 bits per heavy atom. The summed E-state index contributed by atoms with van der Waals surface area (Å²) in [7, 11) is 1.48. The zero-order valence-electron chi connectivity index (χ0n) is 45.3. The predicted octanol–water partition coefficient (Wildman–Crippen LogP) is -3.33. The van der Waals surface area contributed by atoms with E-state index in [2.05, 4.69) is 41.9 Å². The number of carbonyl (C=O) groups is 10. The summed E-state index contributed by atoms with van der Waals surface area (Å²) in [6.45, 7) is 0.197. The molecule has 4 rings (SSSR count). The van der Waals surface area contributed by atoms with Gasteiger partial charge in [-0.2, -0.15) is 0 Å². The number of aromatic hydroxyl groups is 1. The van der Waals surface area contributed by atoms with Crippen LogP contribution in [-0.2, 0) is 67.2 Å². The fourth-order valence-electron chi connectivity index (χ4n) is 8.73. The normalized spacial score (nSPS) is 14.9. The number of ether oxygens (including phenoxy) is 1. The molecule has 0 spiro atoms. The zero-order valence-corrected chi connectivity index (χ0v) is 47.4. The van der Waals surface area contributed by atoms with E-state index in [1.807, 2.05) is 22.6 Å². The van der Waals surface area contributed by atoms with Crippen LogP contribution < -0.4 is 76.8 Å². The van der Waals surface area contributed by atoms with Gasteiger partial charge in [0.1, 0.15) is 53.8 Å². The molecule has 0 radical (unpaired) electrons. The molecule has 0 saturated carbocycles. The highest BCUT2D eigenvalue weighted by molar-refractivity contribution is 14.1. The van der Waals surface area contributed by atoms with Crippen LogP contribution in [0.4, 0.5) is 0 Å². The number of nitrogens with one attached hydrogen (secondary N) is 6. The Balaban J connectivity index is 1.61. The molecule has 82 heavy (non-hydrogen) atoms. The number of phenols is 1. The first-order valence-electron chi connectivity index (χ1n) is 26.2. The molecule has 7 atom stereocenters. The number of nitrogens with two attached hydrogens (primary N) is 7. The van der Waals surface area contributed by atoms with Crippen LogP contribution in [0.3, 0.4) is 0 Å². The lowest BCUT2D eigenvalue weighted by molar-refractivity contribution is -0.142. The SMILES string of the molecule is COc1ccc(C[C@@H](NC(=O)Cc2ccc(O)c(I)c2)C(=O)N[C@@H](Cc2ccccc2)C(=O)N[C@@H](CCC(N)=O)C(=O)N[C@@H](CC(N)=O)C(=O)N[C@@H](CCCN=C(N)N)C(=O)N2CCC[C@H]2C(=O)N[C@@H](CCCN=C(N)N)C(N)=O)cc1. The minimum Gasteiger partial charge on any atom is -0.507 e. The van der Waals surface area contributed by atoms with E-state index < -0.39 is 121 Å². The minimum atomic E-state index is -1.81. The molecular weight excluding hydrogens is 1180 g/mol. The van der Waals surface area contributed by atoms with Crippen LogP contribution in [0.15, 0.2) is 82.8 Å². The number of hydrogen-bond donors (Lipinski definition) is 14. The summed E-state index contributed by atoms with van der Waals surface area (Å²) in [6, 6.07) is 9.89. The lowest BCUT2D eigenvalue weighted by Gasteiger charge is -2.30. The molecule has 0 aromatic heterocycles. The molecule has 1 heterocycles. The van der Waals surface area contributed by atoms with Gasteiger partial charge in [0.25, 0.3) is 0 Å². The molecule has 28 nitrogen and oxygen atoms in total. The molecule has 0 unspecified atom stereocenters. The number of amides is 10. The van der Waals surface area contributed by atoms with Crippen molar-refractivity contribution in [3.63, 3.8) is 0 Å². The minimum absolute atomic E-state index is 0.00104. The Kier molecular flexibility index (Phi) is 26.5. The highest BCUT2D eigenvalue weighted by atomic mass is 127. The van der Waals surface area contributed by atoms with Gasteiger partial charge in [0.15, 0.2) is 11.9 Å². The summed E-state index contributed by atoms with van der Waals surface area (Å²) in [6.07, 6.45) is -1.33. The number of benzene rings is 3. The van der Waals surface area contributed by atoms with E-state index in [1.165, 1.54) is 18.1 Å². The number of primary amides is 3. The average molecular weight is 1250 g/mol. The second-order valence-electron chi connectivity index (χ2n) is 19.3. The Hall–Kier alpha value is -8.77. The average Bonchev–Trinajstić information content (AvgIpc) is 4.06. The van der Waals surface area contributed by atoms with Gasteiger partial charge in [-0.1, -0.05) is 48.5 Å². The van der Waals surface area contributed by atoms with Crippen molar-refractivity contribution in [2.45, 2.75) is 119 Å². The molecule has 444 valence electrons. The third-order valence-electron chi connectivity index (χ3n) is 12.9. The standard InChI is InChI=1S/C53H73IN16O12/c1-82-32-16-13-30(14-17-32)26-37(64-44(74)27-31-15-19-41(71)33(54)24-31)47(77)68-38(25-29-8-3-2-4-9-29)48(78)66-35(18-20-42(55)72)46(76)69-39(28-43(56)73)49(79)67-36(11-6-22-63-53(60)61)51(81)70-23-7-12-40(70)50(80)65-34(45(57)75)10-5-21-62-52(58)59/h2-4,8-9,13-17,19,24,34-40,71H,5-7,10-12,18,20-23,25-28H2,1H3,(H2,55,72)(H2,56,73)(H2,57,75)(H,64,74)(H,65,80)(H,66,78)(H,67,79)(H,68,77)(H,69,76)(H4,58,59,62)(H4,60,61,63)/t34-,35-,36-,37+,38-,39-,40-/m0/s1. The highest BCUT2D eigenvalue weighted by Crippen LogP contribution is 2.22. The first-order valence-corrected chi connectivity index (χ1v) is 27.2. The van der Waals surface area contributed by atoms with Gasteiger partial charge in [-0.05, 0) is 108 Å². The maximum Gasteiger partial charge on any atom is 0.245 e. The molecule has 1 aliphatic heterocycles. The number of nitrogens with zero attached hydrogens (tertiary/aromatic N) is 3. The maximum atomic E-state index is 14.5. The highest BCUT2D eigenvalue weighted by Gasteiger charge is 2.40. The van der Waals surface area contributed by atoms with Crippen LogP contribution in [0.25, 0.3) is 0 Å². The van der Waals surface area contributed by atoms with Crippen molar-refractivity contribution < 1.29 is 57.8 Å². The third-order valence-corrected chi connectivity index (χ3v) is 13.8. The number of likely N-dealkylation sites (tertiary alicyclic amines) is 1. The molecule has 0 aliphatic carbocycles. The fraction of sp³-hybridized carbons (Fsp3) is 0.434. The number of rotatable bonds is 33. The molecule has 29 heteroatoms. The first kappa shape index (κ1) is 65.7. The van der Waals surface area contributed by atoms with E-state index in [0.717, 1.165) is 0 Å². The van der Waals surface area contributed by atoms with Crippen molar-refractivity contribution in [2.75, 3.05) is 26.7 Å². The summed E-state index contributed by atoms with van der Waals surface area (Å²) >= 11 is 1.92. The number of aliphatic imine (C=N–C) groups is 2. The predicted molar refractivity (Wildman–Crippen MR) is 309 cm³/mol. The summed E-state index contributed by atoms with van der Waals surface area (Å²) in [4.78, 5) is 145. The number of hydrogen-bond acceptors (Lipinski definition) is 14. The summed E-state index contributed by atoms with van der Waals surface area (Å²) in [5.41, 5.74) is 40.1. The maximum absolute atomic E-state index is 14.5. The van der Waals surface area contributed by atoms with Crippen molar-refractivity contribution in [3.05, 3.63) is 93.1 Å².